The van der Waals surface area contributed by atoms with Crippen LogP contribution in [0, 0.1) is 5.82 Å². The van der Waals surface area contributed by atoms with Crippen molar-refractivity contribution in [3.05, 3.63) is 60.4 Å². The van der Waals surface area contributed by atoms with Gasteiger partial charge in [0.15, 0.2) is 11.5 Å². The number of ether oxygens (including phenoxy) is 1. The minimum absolute atomic E-state index is 0.301. The molecule has 4 heterocycles. The first kappa shape index (κ1) is 17.1. The summed E-state index contributed by atoms with van der Waals surface area (Å²) < 4.78 is 21.9. The second-order valence-corrected chi connectivity index (χ2v) is 7.29. The Bertz CT molecular complexity index is 1160. The largest absolute Gasteiger partial charge is 0.481 e. The average molecular weight is 376 g/mol. The molecule has 4 aromatic rings. The van der Waals surface area contributed by atoms with E-state index in [0.717, 1.165) is 53.5 Å². The minimum Gasteiger partial charge on any atom is -0.481 e. The smallest absolute Gasteiger partial charge is 0.213 e. The zero-order valence-corrected chi connectivity index (χ0v) is 15.7. The number of aromatic nitrogens is 3. The quantitative estimate of drug-likeness (QED) is 0.583. The number of rotatable bonds is 3. The van der Waals surface area contributed by atoms with E-state index in [2.05, 4.69) is 15.3 Å². The maximum absolute atomic E-state index is 14.8. The van der Waals surface area contributed by atoms with Crippen LogP contribution in [0.5, 0.6) is 5.88 Å². The average Bonchev–Trinajstić information content (AvgIpc) is 3.18. The molecule has 1 N–H and O–H groups in total. The number of imidazole rings is 1. The summed E-state index contributed by atoms with van der Waals surface area (Å²) in [4.78, 5) is 8.81. The Labute approximate surface area is 162 Å². The van der Waals surface area contributed by atoms with Crippen LogP contribution in [0.25, 0.3) is 27.5 Å². The number of methoxy groups -OCH3 is 1. The normalized spacial score (nSPS) is 15.4. The topological polar surface area (TPSA) is 51.5 Å². The molecule has 0 spiro atoms. The summed E-state index contributed by atoms with van der Waals surface area (Å²) >= 11 is 0. The first-order valence-electron chi connectivity index (χ1n) is 9.54. The van der Waals surface area contributed by atoms with Gasteiger partial charge in [0.05, 0.1) is 12.8 Å². The minimum atomic E-state index is -0.301. The van der Waals surface area contributed by atoms with Crippen molar-refractivity contribution < 1.29 is 9.13 Å². The SMILES string of the molecule is COc1cc2cc(-c3cc(F)c4nc(C5CCNCC5)cn4c3)ccc2cn1. The second-order valence-electron chi connectivity index (χ2n) is 7.29. The van der Waals surface area contributed by atoms with Gasteiger partial charge in [-0.3, -0.25) is 0 Å². The van der Waals surface area contributed by atoms with Crippen molar-refractivity contribution in [2.45, 2.75) is 18.8 Å². The van der Waals surface area contributed by atoms with E-state index in [0.29, 0.717) is 17.4 Å². The highest BCUT2D eigenvalue weighted by atomic mass is 19.1. The van der Waals surface area contributed by atoms with E-state index < -0.39 is 0 Å². The Morgan fingerprint density at radius 2 is 1.93 bits per heavy atom. The Balaban J connectivity index is 1.57. The molecule has 1 fully saturated rings. The van der Waals surface area contributed by atoms with E-state index in [1.165, 1.54) is 0 Å². The number of piperidine rings is 1. The van der Waals surface area contributed by atoms with Gasteiger partial charge >= 0.3 is 0 Å². The summed E-state index contributed by atoms with van der Waals surface area (Å²) in [6.07, 6.45) is 7.79. The fourth-order valence-corrected chi connectivity index (χ4v) is 3.96. The first-order valence-corrected chi connectivity index (χ1v) is 9.54. The molecule has 28 heavy (non-hydrogen) atoms. The van der Waals surface area contributed by atoms with E-state index in [1.54, 1.807) is 19.4 Å². The third-order valence-corrected chi connectivity index (χ3v) is 5.52. The Morgan fingerprint density at radius 1 is 1.07 bits per heavy atom. The molecule has 0 unspecified atom stereocenters. The van der Waals surface area contributed by atoms with Gasteiger partial charge in [-0.15, -0.1) is 0 Å². The molecular weight excluding hydrogens is 355 g/mol. The highest BCUT2D eigenvalue weighted by molar-refractivity contribution is 5.87. The van der Waals surface area contributed by atoms with Crippen molar-refractivity contribution in [3.63, 3.8) is 0 Å². The van der Waals surface area contributed by atoms with Gasteiger partial charge < -0.3 is 14.5 Å². The molecule has 0 atom stereocenters. The molecule has 5 nitrogen and oxygen atoms in total. The van der Waals surface area contributed by atoms with Crippen molar-refractivity contribution in [1.29, 1.82) is 0 Å². The first-order chi connectivity index (χ1) is 13.7. The summed E-state index contributed by atoms with van der Waals surface area (Å²) in [6.45, 7) is 1.98. The third-order valence-electron chi connectivity index (χ3n) is 5.52. The van der Waals surface area contributed by atoms with Crippen LogP contribution in [0.15, 0.2) is 48.9 Å². The predicted molar refractivity (Wildman–Crippen MR) is 107 cm³/mol. The van der Waals surface area contributed by atoms with Crippen molar-refractivity contribution in [2.24, 2.45) is 0 Å². The molecule has 3 aromatic heterocycles. The summed E-state index contributed by atoms with van der Waals surface area (Å²) in [6, 6.07) is 9.47. The standard InChI is InChI=1S/C22H21FN4O/c1-28-21-10-17-8-15(2-3-16(17)11-25-21)18-9-19(23)22-26-20(13-27(22)12-18)14-4-6-24-7-5-14/h2-3,8-14,24H,4-7H2,1H3. The van der Waals surface area contributed by atoms with Gasteiger partial charge in [0.2, 0.25) is 5.88 Å². The Morgan fingerprint density at radius 3 is 2.75 bits per heavy atom. The van der Waals surface area contributed by atoms with Gasteiger partial charge in [-0.25, -0.2) is 14.4 Å². The van der Waals surface area contributed by atoms with E-state index in [-0.39, 0.29) is 5.82 Å². The fourth-order valence-electron chi connectivity index (χ4n) is 3.96. The van der Waals surface area contributed by atoms with Gasteiger partial charge in [-0.2, -0.15) is 0 Å². The van der Waals surface area contributed by atoms with E-state index >= 15 is 0 Å². The van der Waals surface area contributed by atoms with Crippen molar-refractivity contribution in [1.82, 2.24) is 19.7 Å². The van der Waals surface area contributed by atoms with Crippen LogP contribution in [-0.2, 0) is 0 Å². The number of hydrogen-bond acceptors (Lipinski definition) is 4. The molecule has 5 rings (SSSR count). The lowest BCUT2D eigenvalue weighted by Crippen LogP contribution is -2.26. The Kier molecular flexibility index (Phi) is 4.20. The van der Waals surface area contributed by atoms with Gasteiger partial charge in [0.1, 0.15) is 0 Å². The third kappa shape index (κ3) is 2.99. The summed E-state index contributed by atoms with van der Waals surface area (Å²) in [5.41, 5.74) is 3.13. The molecule has 6 heteroatoms. The van der Waals surface area contributed by atoms with E-state index in [4.69, 9.17) is 4.74 Å². The van der Waals surface area contributed by atoms with Crippen molar-refractivity contribution in [3.8, 4) is 17.0 Å². The molecule has 0 bridgehead atoms. The van der Waals surface area contributed by atoms with Gasteiger partial charge in [-0.1, -0.05) is 12.1 Å². The highest BCUT2D eigenvalue weighted by Gasteiger charge is 2.19. The lowest BCUT2D eigenvalue weighted by atomic mass is 9.95. The number of pyridine rings is 2. The molecule has 0 saturated carbocycles. The summed E-state index contributed by atoms with van der Waals surface area (Å²) in [5, 5.41) is 5.38. The van der Waals surface area contributed by atoms with Gasteiger partial charge in [0, 0.05) is 41.5 Å². The van der Waals surface area contributed by atoms with Crippen LogP contribution in [0.2, 0.25) is 0 Å². The van der Waals surface area contributed by atoms with Crippen LogP contribution >= 0.6 is 0 Å². The summed E-state index contributed by atoms with van der Waals surface area (Å²) in [5.74, 6) is 0.655. The zero-order chi connectivity index (χ0) is 19.1. The molecular formula is C22H21FN4O. The van der Waals surface area contributed by atoms with E-state index in [1.807, 2.05) is 41.1 Å². The van der Waals surface area contributed by atoms with Crippen LogP contribution in [-0.4, -0.2) is 34.6 Å². The molecule has 1 aliphatic rings. The molecule has 0 aliphatic carbocycles. The monoisotopic (exact) mass is 376 g/mol. The maximum Gasteiger partial charge on any atom is 0.213 e. The summed E-state index contributed by atoms with van der Waals surface area (Å²) in [7, 11) is 1.60. The zero-order valence-electron chi connectivity index (χ0n) is 15.7. The fraction of sp³-hybridized carbons (Fsp3) is 0.273. The lowest BCUT2D eigenvalue weighted by Gasteiger charge is -2.20. The van der Waals surface area contributed by atoms with Crippen molar-refractivity contribution in [2.75, 3.05) is 20.2 Å². The number of benzene rings is 1. The number of hydrogen-bond donors (Lipinski definition) is 1. The highest BCUT2D eigenvalue weighted by Crippen LogP contribution is 2.29. The second kappa shape index (κ2) is 6.87. The van der Waals surface area contributed by atoms with Gasteiger partial charge in [0.25, 0.3) is 0 Å². The lowest BCUT2D eigenvalue weighted by molar-refractivity contribution is 0.399. The molecule has 142 valence electrons. The number of nitrogens with one attached hydrogen (secondary N) is 1. The van der Waals surface area contributed by atoms with Crippen LogP contribution in [0.3, 0.4) is 0 Å². The van der Waals surface area contributed by atoms with Gasteiger partial charge in [-0.05, 0) is 49.0 Å². The molecule has 0 amide bonds. The maximum atomic E-state index is 14.8. The number of halogens is 1. The predicted octanol–water partition coefficient (Wildman–Crippen LogP) is 4.16. The number of fused-ring (bicyclic) bond motifs is 2. The number of nitrogens with zero attached hydrogens (tertiary/aromatic N) is 3. The molecule has 1 aromatic carbocycles. The molecule has 0 radical (unpaired) electrons. The molecule has 1 aliphatic heterocycles. The van der Waals surface area contributed by atoms with Crippen molar-refractivity contribution >= 4 is 16.4 Å². The van der Waals surface area contributed by atoms with Crippen LogP contribution in [0.1, 0.15) is 24.5 Å². The Hall–Kier alpha value is -2.99. The van der Waals surface area contributed by atoms with E-state index in [9.17, 15) is 4.39 Å². The van der Waals surface area contributed by atoms with Crippen LogP contribution in [0.4, 0.5) is 4.39 Å². The van der Waals surface area contributed by atoms with Crippen LogP contribution < -0.4 is 10.1 Å². The molecule has 1 saturated heterocycles.